The Bertz CT molecular complexity index is 710. The van der Waals surface area contributed by atoms with Gasteiger partial charge in [0.2, 0.25) is 5.85 Å². The first-order valence-electron chi connectivity index (χ1n) is 7.20. The second-order valence-corrected chi connectivity index (χ2v) is 7.78. The Morgan fingerprint density at radius 2 is 1.62 bits per heavy atom. The Kier molecular flexibility index (Phi) is 6.58. The minimum atomic E-state index is -3.62. The first-order valence-corrected chi connectivity index (χ1v) is 9.19. The Morgan fingerprint density at radius 1 is 1.04 bits per heavy atom. The molecule has 2 aromatic rings. The van der Waals surface area contributed by atoms with E-state index >= 15 is 0 Å². The van der Waals surface area contributed by atoms with Crippen molar-refractivity contribution >= 4 is 25.2 Å². The highest BCUT2D eigenvalue weighted by atomic mass is 35.5. The Labute approximate surface area is 146 Å². The molecule has 0 spiro atoms. The van der Waals surface area contributed by atoms with Crippen molar-refractivity contribution in [2.75, 3.05) is 14.2 Å². The van der Waals surface area contributed by atoms with Gasteiger partial charge in [0.15, 0.2) is 0 Å². The van der Waals surface area contributed by atoms with E-state index in [0.717, 1.165) is 5.56 Å². The van der Waals surface area contributed by atoms with Crippen LogP contribution in [0.1, 0.15) is 15.9 Å². The van der Waals surface area contributed by atoms with E-state index in [-0.39, 0.29) is 6.42 Å². The van der Waals surface area contributed by atoms with Crippen LogP contribution < -0.4 is 0 Å². The van der Waals surface area contributed by atoms with Gasteiger partial charge in [-0.25, -0.2) is 4.79 Å². The molecule has 0 N–H and O–H groups in total. The minimum Gasteiger partial charge on any atom is -0.445 e. The van der Waals surface area contributed by atoms with E-state index in [1.807, 2.05) is 0 Å². The topological polar surface area (TPSA) is 61.8 Å². The molecule has 0 aliphatic carbocycles. The van der Waals surface area contributed by atoms with Gasteiger partial charge in [0.25, 0.3) is 0 Å². The molecule has 0 radical (unpaired) electrons. The van der Waals surface area contributed by atoms with Crippen LogP contribution in [0.2, 0.25) is 5.02 Å². The first-order chi connectivity index (χ1) is 11.5. The van der Waals surface area contributed by atoms with Crippen molar-refractivity contribution in [3.63, 3.8) is 0 Å². The number of carbonyl (C=O) groups is 1. The lowest BCUT2D eigenvalue weighted by atomic mass is 10.1. The number of hydrogen-bond acceptors (Lipinski definition) is 5. The van der Waals surface area contributed by atoms with Crippen molar-refractivity contribution in [3.8, 4) is 0 Å². The molecular formula is C17H18ClO5P. The molecule has 0 aromatic heterocycles. The predicted octanol–water partition coefficient (Wildman–Crippen LogP) is 4.55. The highest BCUT2D eigenvalue weighted by Crippen LogP contribution is 2.53. The highest BCUT2D eigenvalue weighted by molar-refractivity contribution is 7.54. The van der Waals surface area contributed by atoms with Crippen LogP contribution in [0.5, 0.6) is 0 Å². The third kappa shape index (κ3) is 4.68. The number of ether oxygens (including phenoxy) is 1. The van der Waals surface area contributed by atoms with Crippen LogP contribution in [0.4, 0.5) is 0 Å². The second kappa shape index (κ2) is 8.45. The summed E-state index contributed by atoms with van der Waals surface area (Å²) in [7, 11) is -1.10. The zero-order chi connectivity index (χ0) is 17.6. The summed E-state index contributed by atoms with van der Waals surface area (Å²) >= 11 is 5.87. The summed E-state index contributed by atoms with van der Waals surface area (Å²) in [5, 5.41) is 0.582. The molecule has 128 valence electrons. The van der Waals surface area contributed by atoms with E-state index < -0.39 is 19.4 Å². The molecule has 24 heavy (non-hydrogen) atoms. The van der Waals surface area contributed by atoms with E-state index in [1.54, 1.807) is 54.6 Å². The molecule has 0 aliphatic heterocycles. The number of rotatable bonds is 7. The van der Waals surface area contributed by atoms with Crippen molar-refractivity contribution in [1.29, 1.82) is 0 Å². The largest absolute Gasteiger partial charge is 0.445 e. The number of esters is 1. The summed E-state index contributed by atoms with van der Waals surface area (Å²) in [6, 6.07) is 15.4. The number of carbonyl (C=O) groups excluding carboxylic acids is 1. The van der Waals surface area contributed by atoms with Crippen LogP contribution in [-0.2, 0) is 24.8 Å². The van der Waals surface area contributed by atoms with Crippen LogP contribution in [-0.4, -0.2) is 26.0 Å². The average Bonchev–Trinajstić information content (AvgIpc) is 2.63. The molecule has 0 aliphatic rings. The molecule has 1 unspecified atom stereocenters. The molecular weight excluding hydrogens is 351 g/mol. The average molecular weight is 369 g/mol. The molecule has 2 aromatic carbocycles. The fraction of sp³-hybridized carbons (Fsp3) is 0.235. The molecule has 0 saturated carbocycles. The molecule has 0 saturated heterocycles. The van der Waals surface area contributed by atoms with E-state index in [9.17, 15) is 9.36 Å². The lowest BCUT2D eigenvalue weighted by Gasteiger charge is -2.24. The van der Waals surface area contributed by atoms with E-state index in [4.69, 9.17) is 25.4 Å². The molecule has 0 bridgehead atoms. The lowest BCUT2D eigenvalue weighted by Crippen LogP contribution is -2.22. The third-order valence-electron chi connectivity index (χ3n) is 3.44. The molecule has 0 heterocycles. The molecule has 2 rings (SSSR count). The van der Waals surface area contributed by atoms with Crippen molar-refractivity contribution in [2.45, 2.75) is 12.3 Å². The quantitative estimate of drug-likeness (QED) is 0.530. The SMILES string of the molecule is COP(=O)(OC)C(Cc1ccc(Cl)cc1)OC(=O)c1ccccc1. The summed E-state index contributed by atoms with van der Waals surface area (Å²) < 4.78 is 28.2. The molecule has 1 atom stereocenters. The monoisotopic (exact) mass is 368 g/mol. The summed E-state index contributed by atoms with van der Waals surface area (Å²) in [5.41, 5.74) is 1.15. The summed E-state index contributed by atoms with van der Waals surface area (Å²) in [6.07, 6.45) is 0.175. The summed E-state index contributed by atoms with van der Waals surface area (Å²) in [4.78, 5) is 12.3. The molecule has 5 nitrogen and oxygen atoms in total. The predicted molar refractivity (Wildman–Crippen MR) is 92.4 cm³/mol. The second-order valence-electron chi connectivity index (χ2n) is 4.96. The van der Waals surface area contributed by atoms with Gasteiger partial charge in [-0.1, -0.05) is 41.9 Å². The van der Waals surface area contributed by atoms with Crippen LogP contribution in [0, 0.1) is 0 Å². The van der Waals surface area contributed by atoms with Gasteiger partial charge in [-0.05, 0) is 29.8 Å². The maximum Gasteiger partial charge on any atom is 0.370 e. The van der Waals surface area contributed by atoms with Crippen LogP contribution in [0.25, 0.3) is 0 Å². The zero-order valence-corrected chi connectivity index (χ0v) is 15.0. The van der Waals surface area contributed by atoms with Gasteiger partial charge < -0.3 is 13.8 Å². The van der Waals surface area contributed by atoms with Crippen LogP contribution >= 0.6 is 19.2 Å². The van der Waals surface area contributed by atoms with Gasteiger partial charge in [-0.3, -0.25) is 4.57 Å². The number of hydrogen-bond donors (Lipinski definition) is 0. The maximum absolute atomic E-state index is 12.7. The minimum absolute atomic E-state index is 0.175. The Balaban J connectivity index is 2.24. The molecule has 0 fully saturated rings. The van der Waals surface area contributed by atoms with Crippen molar-refractivity contribution in [2.24, 2.45) is 0 Å². The van der Waals surface area contributed by atoms with Crippen LogP contribution in [0.3, 0.4) is 0 Å². The Hall–Kier alpha value is -1.65. The summed E-state index contributed by atoms with van der Waals surface area (Å²) in [6.45, 7) is 0. The van der Waals surface area contributed by atoms with Gasteiger partial charge in [0.05, 0.1) is 5.56 Å². The highest BCUT2D eigenvalue weighted by Gasteiger charge is 2.37. The number of halogens is 1. The standard InChI is InChI=1S/C17H18ClO5P/c1-21-24(20,22-2)16(12-13-8-10-15(18)11-9-13)23-17(19)14-6-4-3-5-7-14/h3-11,16H,12H2,1-2H3. The van der Waals surface area contributed by atoms with Gasteiger partial charge in [0.1, 0.15) is 0 Å². The smallest absolute Gasteiger partial charge is 0.370 e. The van der Waals surface area contributed by atoms with Gasteiger partial charge in [0, 0.05) is 25.7 Å². The van der Waals surface area contributed by atoms with Crippen molar-refractivity contribution in [1.82, 2.24) is 0 Å². The van der Waals surface area contributed by atoms with Gasteiger partial charge in [-0.15, -0.1) is 0 Å². The lowest BCUT2D eigenvalue weighted by molar-refractivity contribution is 0.0385. The molecule has 7 heteroatoms. The van der Waals surface area contributed by atoms with E-state index in [1.165, 1.54) is 14.2 Å². The van der Waals surface area contributed by atoms with Crippen molar-refractivity contribution < 1.29 is 23.1 Å². The van der Waals surface area contributed by atoms with Crippen molar-refractivity contribution in [3.05, 3.63) is 70.7 Å². The number of benzene rings is 2. The molecule has 0 amide bonds. The normalized spacial score (nSPS) is 12.6. The van der Waals surface area contributed by atoms with Gasteiger partial charge in [-0.2, -0.15) is 0 Å². The maximum atomic E-state index is 12.7. The first kappa shape index (κ1) is 18.7. The van der Waals surface area contributed by atoms with E-state index in [2.05, 4.69) is 0 Å². The Morgan fingerprint density at radius 3 is 2.17 bits per heavy atom. The van der Waals surface area contributed by atoms with Gasteiger partial charge >= 0.3 is 13.6 Å². The third-order valence-corrected chi connectivity index (χ3v) is 5.70. The van der Waals surface area contributed by atoms with Crippen LogP contribution in [0.15, 0.2) is 54.6 Å². The zero-order valence-electron chi connectivity index (χ0n) is 13.3. The fourth-order valence-electron chi connectivity index (χ4n) is 2.12. The van der Waals surface area contributed by atoms with E-state index in [0.29, 0.717) is 10.6 Å². The fourth-order valence-corrected chi connectivity index (χ4v) is 3.52. The summed E-state index contributed by atoms with van der Waals surface area (Å²) in [5.74, 6) is -1.66.